The van der Waals surface area contributed by atoms with E-state index in [9.17, 15) is 9.59 Å². The number of aliphatic hydroxyl groups is 1. The minimum Gasteiger partial charge on any atom is -0.396 e. The molecular formula is C28H41N3O3. The highest BCUT2D eigenvalue weighted by Crippen LogP contribution is 2.36. The summed E-state index contributed by atoms with van der Waals surface area (Å²) in [7, 11) is 0. The Labute approximate surface area is 203 Å². The number of aromatic nitrogens is 1. The molecule has 3 heterocycles. The molecule has 1 aromatic carbocycles. The van der Waals surface area contributed by atoms with E-state index < -0.39 is 0 Å². The van der Waals surface area contributed by atoms with Crippen molar-refractivity contribution in [3.63, 3.8) is 0 Å². The third kappa shape index (κ3) is 5.55. The molecule has 3 atom stereocenters. The molecule has 6 nitrogen and oxygen atoms in total. The molecule has 4 rings (SSSR count). The van der Waals surface area contributed by atoms with Crippen LogP contribution in [0.25, 0.3) is 10.9 Å². The highest BCUT2D eigenvalue weighted by molar-refractivity contribution is 5.97. The zero-order valence-electron chi connectivity index (χ0n) is 20.8. The van der Waals surface area contributed by atoms with Gasteiger partial charge in [-0.15, -0.1) is 0 Å². The monoisotopic (exact) mass is 467 g/mol. The first-order valence-corrected chi connectivity index (χ1v) is 13.3. The zero-order chi connectivity index (χ0) is 24.1. The number of pyridine rings is 1. The van der Waals surface area contributed by atoms with Gasteiger partial charge in [-0.3, -0.25) is 14.5 Å². The topological polar surface area (TPSA) is 74.6 Å². The Hall–Kier alpha value is -2.18. The lowest BCUT2D eigenvalue weighted by Crippen LogP contribution is -2.51. The summed E-state index contributed by atoms with van der Waals surface area (Å²) in [6.07, 6.45) is 11.4. The van der Waals surface area contributed by atoms with E-state index in [2.05, 4.69) is 10.2 Å². The van der Waals surface area contributed by atoms with Crippen LogP contribution in [0.3, 0.4) is 0 Å². The molecule has 2 fully saturated rings. The van der Waals surface area contributed by atoms with E-state index >= 15 is 0 Å². The Bertz CT molecular complexity index is 1020. The zero-order valence-corrected chi connectivity index (χ0v) is 20.8. The standard InChI is InChI=1S/C28H41N3O3/c1-20(2)31-26-12-8-7-11-21(26)17-25(28(31)34)27(33)29-22-18-23-13-14-24(19-22)30(23)15-9-5-3-4-6-10-16-32/h7-8,11-12,17,20,22-24,32H,3-6,9-10,13-16,18-19H2,1-2H3,(H,29,33)/t22?,23-,24+. The number of para-hydroxylation sites is 1. The molecule has 0 saturated carbocycles. The summed E-state index contributed by atoms with van der Waals surface area (Å²) in [5, 5.41) is 13.0. The van der Waals surface area contributed by atoms with Crippen molar-refractivity contribution in [2.45, 2.75) is 102 Å². The van der Waals surface area contributed by atoms with E-state index in [0.717, 1.165) is 43.1 Å². The summed E-state index contributed by atoms with van der Waals surface area (Å²) >= 11 is 0. The lowest BCUT2D eigenvalue weighted by molar-refractivity contribution is 0.0839. The lowest BCUT2D eigenvalue weighted by atomic mass is 9.96. The van der Waals surface area contributed by atoms with Gasteiger partial charge in [0, 0.05) is 30.8 Å². The quantitative estimate of drug-likeness (QED) is 0.472. The average Bonchev–Trinajstić information content (AvgIpc) is 3.05. The smallest absolute Gasteiger partial charge is 0.264 e. The van der Waals surface area contributed by atoms with Crippen LogP contribution in [0.4, 0.5) is 0 Å². The Morgan fingerprint density at radius 1 is 1.03 bits per heavy atom. The molecule has 0 radical (unpaired) electrons. The molecular weight excluding hydrogens is 426 g/mol. The van der Waals surface area contributed by atoms with Gasteiger partial charge in [0.05, 0.1) is 5.52 Å². The molecule has 2 bridgehead atoms. The van der Waals surface area contributed by atoms with Gasteiger partial charge in [-0.25, -0.2) is 0 Å². The van der Waals surface area contributed by atoms with Crippen LogP contribution in [-0.2, 0) is 0 Å². The molecule has 2 saturated heterocycles. The van der Waals surface area contributed by atoms with Gasteiger partial charge in [0.2, 0.25) is 0 Å². The van der Waals surface area contributed by atoms with Crippen molar-refractivity contribution in [1.29, 1.82) is 0 Å². The fourth-order valence-corrected chi connectivity index (χ4v) is 6.09. The third-order valence-corrected chi connectivity index (χ3v) is 7.75. The molecule has 6 heteroatoms. The SMILES string of the molecule is CC(C)n1c(=O)c(C(=O)NC2C[C@H]3CC[C@@H](C2)N3CCCCCCCCO)cc2ccccc21. The summed E-state index contributed by atoms with van der Waals surface area (Å²) in [5.41, 5.74) is 0.924. The van der Waals surface area contributed by atoms with Crippen molar-refractivity contribution >= 4 is 16.8 Å². The summed E-state index contributed by atoms with van der Waals surface area (Å²) in [6, 6.07) is 10.8. The number of nitrogens with one attached hydrogen (secondary N) is 1. The number of hydrogen-bond donors (Lipinski definition) is 2. The minimum absolute atomic E-state index is 0.0149. The summed E-state index contributed by atoms with van der Waals surface area (Å²) < 4.78 is 1.74. The molecule has 2 aliphatic rings. The molecule has 2 aliphatic heterocycles. The molecule has 1 amide bonds. The average molecular weight is 468 g/mol. The second-order valence-corrected chi connectivity index (χ2v) is 10.5. The van der Waals surface area contributed by atoms with Gasteiger partial charge < -0.3 is 15.0 Å². The minimum atomic E-state index is -0.231. The summed E-state index contributed by atoms with van der Waals surface area (Å²) in [4.78, 5) is 29.1. The number of carbonyl (C=O) groups is 1. The Kier molecular flexibility index (Phi) is 8.43. The van der Waals surface area contributed by atoms with Crippen LogP contribution in [0.15, 0.2) is 35.1 Å². The first-order chi connectivity index (χ1) is 16.5. The van der Waals surface area contributed by atoms with Crippen molar-refractivity contribution in [1.82, 2.24) is 14.8 Å². The van der Waals surface area contributed by atoms with Crippen LogP contribution in [0.1, 0.15) is 94.5 Å². The number of fused-ring (bicyclic) bond motifs is 3. The van der Waals surface area contributed by atoms with Crippen molar-refractivity contribution in [2.75, 3.05) is 13.2 Å². The number of nitrogens with zero attached hydrogens (tertiary/aromatic N) is 2. The molecule has 0 aliphatic carbocycles. The van der Waals surface area contributed by atoms with E-state index in [4.69, 9.17) is 5.11 Å². The first-order valence-electron chi connectivity index (χ1n) is 13.3. The predicted octanol–water partition coefficient (Wildman–Crippen LogP) is 4.64. The van der Waals surface area contributed by atoms with Crippen molar-refractivity contribution in [2.24, 2.45) is 0 Å². The number of aliphatic hydroxyl groups excluding tert-OH is 1. The van der Waals surface area contributed by atoms with Crippen LogP contribution in [0.5, 0.6) is 0 Å². The van der Waals surface area contributed by atoms with Gasteiger partial charge >= 0.3 is 0 Å². The summed E-state index contributed by atoms with van der Waals surface area (Å²) in [6.45, 7) is 5.43. The van der Waals surface area contributed by atoms with Crippen LogP contribution in [0, 0.1) is 0 Å². The molecule has 2 aromatic rings. The number of hydrogen-bond acceptors (Lipinski definition) is 4. The highest BCUT2D eigenvalue weighted by Gasteiger charge is 2.40. The van der Waals surface area contributed by atoms with E-state index in [1.165, 1.54) is 38.5 Å². The summed E-state index contributed by atoms with van der Waals surface area (Å²) in [5.74, 6) is -0.231. The molecule has 1 unspecified atom stereocenters. The van der Waals surface area contributed by atoms with Gasteiger partial charge in [-0.2, -0.15) is 0 Å². The van der Waals surface area contributed by atoms with E-state index in [0.29, 0.717) is 18.7 Å². The van der Waals surface area contributed by atoms with Gasteiger partial charge in [-0.05, 0) is 76.4 Å². The maximum absolute atomic E-state index is 13.2. The Morgan fingerprint density at radius 2 is 1.68 bits per heavy atom. The predicted molar refractivity (Wildman–Crippen MR) is 137 cm³/mol. The first kappa shape index (κ1) is 24.9. The molecule has 0 spiro atoms. The van der Waals surface area contributed by atoms with Crippen LogP contribution in [0.2, 0.25) is 0 Å². The second-order valence-electron chi connectivity index (χ2n) is 10.5. The Morgan fingerprint density at radius 3 is 2.35 bits per heavy atom. The normalized spacial score (nSPS) is 22.5. The number of rotatable bonds is 11. The molecule has 34 heavy (non-hydrogen) atoms. The van der Waals surface area contributed by atoms with Crippen molar-refractivity contribution in [3.05, 3.63) is 46.2 Å². The van der Waals surface area contributed by atoms with Gasteiger partial charge in [-0.1, -0.05) is 43.9 Å². The molecule has 186 valence electrons. The van der Waals surface area contributed by atoms with Crippen molar-refractivity contribution in [3.8, 4) is 0 Å². The van der Waals surface area contributed by atoms with Crippen LogP contribution < -0.4 is 10.9 Å². The highest BCUT2D eigenvalue weighted by atomic mass is 16.3. The van der Waals surface area contributed by atoms with E-state index in [1.54, 1.807) is 10.6 Å². The Balaban J connectivity index is 1.35. The second kappa shape index (κ2) is 11.5. The fourth-order valence-electron chi connectivity index (χ4n) is 6.09. The van der Waals surface area contributed by atoms with Crippen LogP contribution in [-0.4, -0.2) is 51.8 Å². The molecule has 2 N–H and O–H groups in total. The maximum atomic E-state index is 13.2. The largest absolute Gasteiger partial charge is 0.396 e. The number of benzene rings is 1. The van der Waals surface area contributed by atoms with E-state index in [1.807, 2.05) is 38.1 Å². The van der Waals surface area contributed by atoms with Crippen LogP contribution >= 0.6 is 0 Å². The van der Waals surface area contributed by atoms with Gasteiger partial charge in [0.1, 0.15) is 5.56 Å². The van der Waals surface area contributed by atoms with Gasteiger partial charge in [0.15, 0.2) is 0 Å². The third-order valence-electron chi connectivity index (χ3n) is 7.75. The number of unbranched alkanes of at least 4 members (excludes halogenated alkanes) is 5. The molecule has 1 aromatic heterocycles. The van der Waals surface area contributed by atoms with E-state index in [-0.39, 0.29) is 29.1 Å². The number of carbonyl (C=O) groups excluding carboxylic acids is 1. The lowest BCUT2D eigenvalue weighted by Gasteiger charge is -2.39. The fraction of sp³-hybridized carbons (Fsp3) is 0.643. The van der Waals surface area contributed by atoms with Crippen molar-refractivity contribution < 1.29 is 9.90 Å². The number of piperidine rings is 1. The number of amides is 1. The van der Waals surface area contributed by atoms with Gasteiger partial charge in [0.25, 0.3) is 11.5 Å². The maximum Gasteiger partial charge on any atom is 0.264 e.